The minimum atomic E-state index is -3.12. The highest BCUT2D eigenvalue weighted by molar-refractivity contribution is 5.70. The summed E-state index contributed by atoms with van der Waals surface area (Å²) in [7, 11) is 1.62. The summed E-state index contributed by atoms with van der Waals surface area (Å²) in [6, 6.07) is 2.01. The van der Waals surface area contributed by atoms with Gasteiger partial charge in [-0.2, -0.15) is 8.78 Å². The van der Waals surface area contributed by atoms with Crippen LogP contribution in [0.1, 0.15) is 13.8 Å². The van der Waals surface area contributed by atoms with Crippen LogP contribution in [0.3, 0.4) is 0 Å². The second-order valence-electron chi connectivity index (χ2n) is 4.75. The maximum absolute atomic E-state index is 13.4. The molecule has 0 heterocycles. The van der Waals surface area contributed by atoms with Crippen LogP contribution in [0, 0.1) is 5.82 Å². The first-order valence-electron chi connectivity index (χ1n) is 5.57. The third kappa shape index (κ3) is 3.44. The van der Waals surface area contributed by atoms with E-state index in [1.807, 2.05) is 0 Å². The maximum atomic E-state index is 13.4. The molecule has 19 heavy (non-hydrogen) atoms. The van der Waals surface area contributed by atoms with Crippen LogP contribution in [-0.4, -0.2) is 30.9 Å². The highest BCUT2D eigenvalue weighted by Gasteiger charge is 2.25. The Hall–Kier alpha value is -1.63. The lowest BCUT2D eigenvalue weighted by Crippen LogP contribution is -2.44. The summed E-state index contributed by atoms with van der Waals surface area (Å²) in [5.74, 6) is -1.54. The fourth-order valence-corrected chi connectivity index (χ4v) is 1.47. The van der Waals surface area contributed by atoms with Gasteiger partial charge in [-0.1, -0.05) is 0 Å². The lowest BCUT2D eigenvalue weighted by Gasteiger charge is -2.36. The Bertz CT molecular complexity index is 453. The number of likely N-dealkylation sites (N-methyl/N-ethyl adjacent to an activating group) is 1. The number of ether oxygens (including phenoxy) is 1. The number of nitrogens with two attached hydrogens (primary N) is 1. The molecule has 0 aliphatic heterocycles. The van der Waals surface area contributed by atoms with Crippen molar-refractivity contribution in [1.82, 2.24) is 0 Å². The minimum Gasteiger partial charge on any atom is -0.432 e. The number of hydrogen-bond acceptors (Lipinski definition) is 4. The van der Waals surface area contributed by atoms with Crippen molar-refractivity contribution in [3.63, 3.8) is 0 Å². The van der Waals surface area contributed by atoms with Crippen molar-refractivity contribution in [2.24, 2.45) is 0 Å². The summed E-state index contributed by atoms with van der Waals surface area (Å²) in [5.41, 5.74) is 5.35. The minimum absolute atomic E-state index is 0.0724. The van der Waals surface area contributed by atoms with Crippen molar-refractivity contribution in [3.05, 3.63) is 17.9 Å². The standard InChI is InChI=1S/C12H17F3N2O2/c1-12(2,6-18)17(3)9-5-10(19-11(14)15)7(13)4-8(9)16/h4-5,11,18H,6,16H2,1-3H3. The van der Waals surface area contributed by atoms with Crippen LogP contribution in [0.4, 0.5) is 24.5 Å². The molecule has 0 saturated heterocycles. The van der Waals surface area contributed by atoms with Crippen LogP contribution >= 0.6 is 0 Å². The second kappa shape index (κ2) is 5.56. The van der Waals surface area contributed by atoms with E-state index in [1.165, 1.54) is 0 Å². The third-order valence-corrected chi connectivity index (χ3v) is 2.95. The van der Waals surface area contributed by atoms with Crippen molar-refractivity contribution < 1.29 is 23.0 Å². The van der Waals surface area contributed by atoms with Gasteiger partial charge in [-0.3, -0.25) is 0 Å². The van der Waals surface area contributed by atoms with E-state index >= 15 is 0 Å². The first-order chi connectivity index (χ1) is 8.69. The number of anilines is 2. The van der Waals surface area contributed by atoms with Gasteiger partial charge in [0.15, 0.2) is 11.6 Å². The first-order valence-corrected chi connectivity index (χ1v) is 5.57. The Kier molecular flexibility index (Phi) is 4.52. The van der Waals surface area contributed by atoms with Crippen molar-refractivity contribution >= 4 is 11.4 Å². The van der Waals surface area contributed by atoms with E-state index in [0.717, 1.165) is 12.1 Å². The van der Waals surface area contributed by atoms with Gasteiger partial charge < -0.3 is 20.5 Å². The molecule has 0 bridgehead atoms. The number of nitrogens with zero attached hydrogens (tertiary/aromatic N) is 1. The average Bonchev–Trinajstić information content (AvgIpc) is 2.31. The molecule has 0 fully saturated rings. The molecule has 0 saturated carbocycles. The Morgan fingerprint density at radius 2 is 2.00 bits per heavy atom. The van der Waals surface area contributed by atoms with Crippen molar-refractivity contribution in [1.29, 1.82) is 0 Å². The van der Waals surface area contributed by atoms with E-state index in [9.17, 15) is 18.3 Å². The number of alkyl halides is 2. The molecule has 0 radical (unpaired) electrons. The summed E-state index contributed by atoms with van der Waals surface area (Å²) in [4.78, 5) is 1.57. The van der Waals surface area contributed by atoms with Gasteiger partial charge in [0.05, 0.1) is 23.5 Å². The molecule has 0 aromatic heterocycles. The van der Waals surface area contributed by atoms with E-state index in [4.69, 9.17) is 5.73 Å². The van der Waals surface area contributed by atoms with Gasteiger partial charge in [-0.25, -0.2) is 4.39 Å². The van der Waals surface area contributed by atoms with Gasteiger partial charge in [0.2, 0.25) is 0 Å². The monoisotopic (exact) mass is 278 g/mol. The van der Waals surface area contributed by atoms with Gasteiger partial charge in [0.1, 0.15) is 0 Å². The Morgan fingerprint density at radius 1 is 1.42 bits per heavy atom. The molecule has 0 amide bonds. The van der Waals surface area contributed by atoms with E-state index in [-0.39, 0.29) is 12.3 Å². The van der Waals surface area contributed by atoms with E-state index < -0.39 is 23.7 Å². The molecule has 1 rings (SSSR count). The molecule has 108 valence electrons. The summed E-state index contributed by atoms with van der Waals surface area (Å²) in [6.07, 6.45) is 0. The number of benzene rings is 1. The second-order valence-corrected chi connectivity index (χ2v) is 4.75. The molecule has 7 heteroatoms. The van der Waals surface area contributed by atoms with Crippen molar-refractivity contribution in [2.75, 3.05) is 24.3 Å². The third-order valence-electron chi connectivity index (χ3n) is 2.95. The van der Waals surface area contributed by atoms with Gasteiger partial charge >= 0.3 is 6.61 Å². The number of aliphatic hydroxyl groups excluding tert-OH is 1. The molecule has 0 aliphatic carbocycles. The number of rotatable bonds is 5. The fourth-order valence-electron chi connectivity index (χ4n) is 1.47. The molecule has 0 unspecified atom stereocenters. The molecule has 0 spiro atoms. The Morgan fingerprint density at radius 3 is 2.47 bits per heavy atom. The first kappa shape index (κ1) is 15.4. The largest absolute Gasteiger partial charge is 0.432 e. The molecule has 1 aromatic carbocycles. The molecular formula is C12H17F3N2O2. The van der Waals surface area contributed by atoms with Crippen molar-refractivity contribution in [3.8, 4) is 5.75 Å². The lowest BCUT2D eigenvalue weighted by molar-refractivity contribution is -0.0521. The molecule has 4 nitrogen and oxygen atoms in total. The zero-order chi connectivity index (χ0) is 14.8. The highest BCUT2D eigenvalue weighted by Crippen LogP contribution is 2.34. The van der Waals surface area contributed by atoms with Crippen LogP contribution in [0.15, 0.2) is 12.1 Å². The van der Waals surface area contributed by atoms with Crippen LogP contribution in [0.5, 0.6) is 5.75 Å². The Labute approximate surface area is 109 Å². The SMILES string of the molecule is CN(c1cc(OC(F)F)c(F)cc1N)C(C)(C)CO. The summed E-state index contributed by atoms with van der Waals surface area (Å²) < 4.78 is 41.8. The molecule has 1 aromatic rings. The number of nitrogen functional groups attached to an aromatic ring is 1. The zero-order valence-corrected chi connectivity index (χ0v) is 11.0. The van der Waals surface area contributed by atoms with E-state index in [2.05, 4.69) is 4.74 Å². The normalized spacial score (nSPS) is 11.8. The van der Waals surface area contributed by atoms with Crippen LogP contribution in [0.25, 0.3) is 0 Å². The van der Waals surface area contributed by atoms with Crippen LogP contribution in [-0.2, 0) is 0 Å². The van der Waals surface area contributed by atoms with Gasteiger partial charge in [0, 0.05) is 19.2 Å². The molecule has 0 aliphatic rings. The number of aliphatic hydroxyl groups is 1. The average molecular weight is 278 g/mol. The number of hydrogen-bond donors (Lipinski definition) is 2. The summed E-state index contributed by atoms with van der Waals surface area (Å²) in [6.45, 7) is 0.139. The highest BCUT2D eigenvalue weighted by atomic mass is 19.3. The van der Waals surface area contributed by atoms with Crippen molar-refractivity contribution in [2.45, 2.75) is 26.0 Å². The zero-order valence-electron chi connectivity index (χ0n) is 11.0. The molecule has 3 N–H and O–H groups in total. The van der Waals surface area contributed by atoms with Gasteiger partial charge in [0.25, 0.3) is 0 Å². The van der Waals surface area contributed by atoms with E-state index in [1.54, 1.807) is 25.8 Å². The number of halogens is 3. The molecular weight excluding hydrogens is 261 g/mol. The molecule has 0 atom stereocenters. The predicted octanol–water partition coefficient (Wildman–Crippen LogP) is 2.22. The lowest BCUT2D eigenvalue weighted by atomic mass is 10.0. The van der Waals surface area contributed by atoms with Gasteiger partial charge in [-0.15, -0.1) is 0 Å². The smallest absolute Gasteiger partial charge is 0.387 e. The summed E-state index contributed by atoms with van der Waals surface area (Å²) >= 11 is 0. The topological polar surface area (TPSA) is 58.7 Å². The maximum Gasteiger partial charge on any atom is 0.387 e. The quantitative estimate of drug-likeness (QED) is 0.811. The van der Waals surface area contributed by atoms with Gasteiger partial charge in [-0.05, 0) is 13.8 Å². The Balaban J connectivity index is 3.21. The fraction of sp³-hybridized carbons (Fsp3) is 0.500. The summed E-state index contributed by atoms with van der Waals surface area (Å²) in [5, 5.41) is 9.28. The van der Waals surface area contributed by atoms with Crippen LogP contribution < -0.4 is 15.4 Å². The van der Waals surface area contributed by atoms with Crippen LogP contribution in [0.2, 0.25) is 0 Å². The predicted molar refractivity (Wildman–Crippen MR) is 67.0 cm³/mol. The van der Waals surface area contributed by atoms with E-state index in [0.29, 0.717) is 5.69 Å².